The van der Waals surface area contributed by atoms with E-state index < -0.39 is 0 Å². The van der Waals surface area contributed by atoms with E-state index in [0.29, 0.717) is 37.4 Å². The van der Waals surface area contributed by atoms with Crippen LogP contribution in [0.1, 0.15) is 35.7 Å². The van der Waals surface area contributed by atoms with Gasteiger partial charge in [-0.25, -0.2) is 0 Å². The fraction of sp³-hybridized carbons (Fsp3) is 0.529. The SMILES string of the molecule is CCC(=O)N1CCCN(C(=O)c2cc(C)ccc2OC)CC1. The van der Waals surface area contributed by atoms with E-state index in [1.165, 1.54) is 0 Å². The Bertz CT molecular complexity index is 557. The molecule has 1 aliphatic heterocycles. The summed E-state index contributed by atoms with van der Waals surface area (Å²) in [5, 5.41) is 0. The van der Waals surface area contributed by atoms with Gasteiger partial charge in [0.2, 0.25) is 5.91 Å². The lowest BCUT2D eigenvalue weighted by molar-refractivity contribution is -0.130. The minimum absolute atomic E-state index is 0.0219. The Morgan fingerprint density at radius 3 is 2.50 bits per heavy atom. The van der Waals surface area contributed by atoms with E-state index in [1.54, 1.807) is 7.11 Å². The summed E-state index contributed by atoms with van der Waals surface area (Å²) in [6.45, 7) is 6.40. The maximum Gasteiger partial charge on any atom is 0.257 e. The van der Waals surface area contributed by atoms with Crippen molar-refractivity contribution in [2.75, 3.05) is 33.3 Å². The van der Waals surface area contributed by atoms with Gasteiger partial charge in [-0.2, -0.15) is 0 Å². The minimum atomic E-state index is -0.0219. The molecule has 1 heterocycles. The molecular formula is C17H24N2O3. The topological polar surface area (TPSA) is 49.9 Å². The van der Waals surface area contributed by atoms with E-state index >= 15 is 0 Å². The Kier molecular flexibility index (Phi) is 5.41. The van der Waals surface area contributed by atoms with Gasteiger partial charge in [0.15, 0.2) is 0 Å². The molecule has 0 aliphatic carbocycles. The summed E-state index contributed by atoms with van der Waals surface area (Å²) >= 11 is 0. The Balaban J connectivity index is 2.13. The van der Waals surface area contributed by atoms with Crippen molar-refractivity contribution in [2.45, 2.75) is 26.7 Å². The number of ether oxygens (including phenoxy) is 1. The van der Waals surface area contributed by atoms with Crippen LogP contribution >= 0.6 is 0 Å². The van der Waals surface area contributed by atoms with Crippen molar-refractivity contribution in [3.63, 3.8) is 0 Å². The van der Waals surface area contributed by atoms with E-state index in [4.69, 9.17) is 4.74 Å². The largest absolute Gasteiger partial charge is 0.496 e. The summed E-state index contributed by atoms with van der Waals surface area (Å²) in [5.74, 6) is 0.732. The molecule has 5 heteroatoms. The Morgan fingerprint density at radius 1 is 1.14 bits per heavy atom. The number of benzene rings is 1. The van der Waals surface area contributed by atoms with E-state index in [-0.39, 0.29) is 11.8 Å². The normalized spacial score (nSPS) is 15.4. The molecule has 0 spiro atoms. The fourth-order valence-electron chi connectivity index (χ4n) is 2.75. The van der Waals surface area contributed by atoms with Gasteiger partial charge in [-0.3, -0.25) is 9.59 Å². The van der Waals surface area contributed by atoms with Gasteiger partial charge < -0.3 is 14.5 Å². The van der Waals surface area contributed by atoms with Crippen LogP contribution in [0.5, 0.6) is 5.75 Å². The van der Waals surface area contributed by atoms with Crippen LogP contribution in [-0.4, -0.2) is 54.9 Å². The van der Waals surface area contributed by atoms with Gasteiger partial charge >= 0.3 is 0 Å². The third kappa shape index (κ3) is 3.59. The van der Waals surface area contributed by atoms with Crippen molar-refractivity contribution in [1.29, 1.82) is 0 Å². The third-order valence-corrected chi connectivity index (χ3v) is 4.02. The average Bonchev–Trinajstić information content (AvgIpc) is 2.79. The highest BCUT2D eigenvalue weighted by Crippen LogP contribution is 2.22. The number of nitrogens with zero attached hydrogens (tertiary/aromatic N) is 2. The van der Waals surface area contributed by atoms with Crippen LogP contribution in [0.3, 0.4) is 0 Å². The van der Waals surface area contributed by atoms with Crippen molar-refractivity contribution >= 4 is 11.8 Å². The molecule has 0 bridgehead atoms. The van der Waals surface area contributed by atoms with E-state index in [0.717, 1.165) is 18.5 Å². The molecular weight excluding hydrogens is 280 g/mol. The van der Waals surface area contributed by atoms with Gasteiger partial charge in [-0.05, 0) is 25.5 Å². The summed E-state index contributed by atoms with van der Waals surface area (Å²) in [6, 6.07) is 5.62. The maximum atomic E-state index is 12.8. The van der Waals surface area contributed by atoms with E-state index in [9.17, 15) is 9.59 Å². The van der Waals surface area contributed by atoms with Crippen molar-refractivity contribution in [2.24, 2.45) is 0 Å². The lowest BCUT2D eigenvalue weighted by Gasteiger charge is -2.23. The standard InChI is InChI=1S/C17H24N2O3/c1-4-16(20)18-8-5-9-19(11-10-18)17(21)14-12-13(2)6-7-15(14)22-3/h6-7,12H,4-5,8-11H2,1-3H3. The molecule has 2 rings (SSSR count). The lowest BCUT2D eigenvalue weighted by atomic mass is 10.1. The molecule has 2 amide bonds. The summed E-state index contributed by atoms with van der Waals surface area (Å²) < 4.78 is 5.31. The summed E-state index contributed by atoms with van der Waals surface area (Å²) in [7, 11) is 1.57. The molecule has 1 aliphatic rings. The second-order valence-electron chi connectivity index (χ2n) is 5.58. The second-order valence-corrected chi connectivity index (χ2v) is 5.58. The second kappa shape index (κ2) is 7.29. The Labute approximate surface area is 131 Å². The maximum absolute atomic E-state index is 12.8. The molecule has 1 aromatic rings. The van der Waals surface area contributed by atoms with Crippen molar-refractivity contribution in [3.8, 4) is 5.75 Å². The predicted molar refractivity (Wildman–Crippen MR) is 85.1 cm³/mol. The summed E-state index contributed by atoms with van der Waals surface area (Å²) in [5.41, 5.74) is 1.62. The van der Waals surface area contributed by atoms with Crippen LogP contribution in [0.2, 0.25) is 0 Å². The number of rotatable bonds is 3. The van der Waals surface area contributed by atoms with Crippen LogP contribution < -0.4 is 4.74 Å². The van der Waals surface area contributed by atoms with Crippen LogP contribution in [0.4, 0.5) is 0 Å². The smallest absolute Gasteiger partial charge is 0.257 e. The highest BCUT2D eigenvalue weighted by Gasteiger charge is 2.24. The van der Waals surface area contributed by atoms with Gasteiger partial charge in [-0.1, -0.05) is 18.6 Å². The van der Waals surface area contributed by atoms with Gasteiger partial charge in [-0.15, -0.1) is 0 Å². The number of carbonyl (C=O) groups excluding carboxylic acids is 2. The number of carbonyl (C=O) groups is 2. The molecule has 0 N–H and O–H groups in total. The first-order valence-electron chi connectivity index (χ1n) is 7.78. The molecule has 5 nitrogen and oxygen atoms in total. The molecule has 1 saturated heterocycles. The monoisotopic (exact) mass is 304 g/mol. The number of aryl methyl sites for hydroxylation is 1. The van der Waals surface area contributed by atoms with Crippen LogP contribution in [0.25, 0.3) is 0 Å². The highest BCUT2D eigenvalue weighted by atomic mass is 16.5. The van der Waals surface area contributed by atoms with Crippen LogP contribution in [-0.2, 0) is 4.79 Å². The number of amides is 2. The summed E-state index contributed by atoms with van der Waals surface area (Å²) in [6.07, 6.45) is 1.32. The van der Waals surface area contributed by atoms with Gasteiger partial charge in [0, 0.05) is 32.6 Å². The quantitative estimate of drug-likeness (QED) is 0.859. The van der Waals surface area contributed by atoms with Gasteiger partial charge in [0.25, 0.3) is 5.91 Å². The molecule has 1 aromatic carbocycles. The van der Waals surface area contributed by atoms with Gasteiger partial charge in [0.1, 0.15) is 5.75 Å². The van der Waals surface area contributed by atoms with Gasteiger partial charge in [0.05, 0.1) is 12.7 Å². The molecule has 22 heavy (non-hydrogen) atoms. The average molecular weight is 304 g/mol. The number of methoxy groups -OCH3 is 1. The van der Waals surface area contributed by atoms with E-state index in [1.807, 2.05) is 41.8 Å². The van der Waals surface area contributed by atoms with Crippen LogP contribution in [0.15, 0.2) is 18.2 Å². The zero-order valence-electron chi connectivity index (χ0n) is 13.6. The predicted octanol–water partition coefficient (Wildman–Crippen LogP) is 2.09. The third-order valence-electron chi connectivity index (χ3n) is 4.02. The first-order chi connectivity index (χ1) is 10.6. The molecule has 0 saturated carbocycles. The van der Waals surface area contributed by atoms with Crippen molar-refractivity contribution < 1.29 is 14.3 Å². The first-order valence-corrected chi connectivity index (χ1v) is 7.78. The number of hydrogen-bond acceptors (Lipinski definition) is 3. The highest BCUT2D eigenvalue weighted by molar-refractivity contribution is 5.97. The molecule has 1 fully saturated rings. The lowest BCUT2D eigenvalue weighted by Crippen LogP contribution is -2.37. The Morgan fingerprint density at radius 2 is 1.82 bits per heavy atom. The Hall–Kier alpha value is -2.04. The summed E-state index contributed by atoms with van der Waals surface area (Å²) in [4.78, 5) is 28.3. The van der Waals surface area contributed by atoms with Crippen molar-refractivity contribution in [3.05, 3.63) is 29.3 Å². The number of hydrogen-bond donors (Lipinski definition) is 0. The zero-order valence-corrected chi connectivity index (χ0v) is 13.6. The molecule has 0 unspecified atom stereocenters. The van der Waals surface area contributed by atoms with Crippen LogP contribution in [0, 0.1) is 6.92 Å². The van der Waals surface area contributed by atoms with Crippen molar-refractivity contribution in [1.82, 2.24) is 9.80 Å². The first kappa shape index (κ1) is 16.3. The van der Waals surface area contributed by atoms with E-state index in [2.05, 4.69) is 0 Å². The minimum Gasteiger partial charge on any atom is -0.496 e. The zero-order chi connectivity index (χ0) is 16.1. The molecule has 0 radical (unpaired) electrons. The molecule has 120 valence electrons. The fourth-order valence-corrected chi connectivity index (χ4v) is 2.75. The molecule has 0 aromatic heterocycles. The molecule has 0 atom stereocenters.